The number of nitrogens with zero attached hydrogens (tertiary/aromatic N) is 1. The molecule has 1 aliphatic carbocycles. The van der Waals surface area contributed by atoms with Crippen molar-refractivity contribution in [1.29, 1.82) is 0 Å². The number of carbonyl (C=O) groups excluding carboxylic acids is 1. The van der Waals surface area contributed by atoms with E-state index in [1.165, 1.54) is 10.4 Å². The predicted octanol–water partition coefficient (Wildman–Crippen LogP) is 0.276. The van der Waals surface area contributed by atoms with Crippen molar-refractivity contribution in [3.63, 3.8) is 0 Å². The van der Waals surface area contributed by atoms with Crippen molar-refractivity contribution in [2.24, 2.45) is 5.73 Å². The van der Waals surface area contributed by atoms with Gasteiger partial charge in [-0.05, 0) is 31.0 Å². The second-order valence-electron chi connectivity index (χ2n) is 5.77. The lowest BCUT2D eigenvalue weighted by Gasteiger charge is -2.26. The number of amides is 1. The molecule has 1 aromatic rings. The first-order chi connectivity index (χ1) is 10.8. The van der Waals surface area contributed by atoms with Crippen LogP contribution in [0.2, 0.25) is 0 Å². The van der Waals surface area contributed by atoms with E-state index in [2.05, 4.69) is 5.32 Å². The highest BCUT2D eigenvalue weighted by Gasteiger charge is 2.46. The first kappa shape index (κ1) is 16.3. The summed E-state index contributed by atoms with van der Waals surface area (Å²) < 4.78 is 45.4. The van der Waals surface area contributed by atoms with Crippen molar-refractivity contribution in [3.8, 4) is 0 Å². The molecular formula is C14H18FN3O4S. The summed E-state index contributed by atoms with van der Waals surface area (Å²) in [6, 6.07) is 3.47. The molecule has 0 bridgehead atoms. The average Bonchev–Trinajstić information content (AvgIpc) is 3.29. The number of nitrogens with one attached hydrogen (secondary N) is 1. The Hall–Kier alpha value is -1.55. The Labute approximate surface area is 133 Å². The average molecular weight is 343 g/mol. The van der Waals surface area contributed by atoms with Gasteiger partial charge in [-0.3, -0.25) is 4.79 Å². The number of morpholine rings is 1. The molecule has 1 amide bonds. The van der Waals surface area contributed by atoms with Gasteiger partial charge >= 0.3 is 0 Å². The van der Waals surface area contributed by atoms with E-state index in [0.29, 0.717) is 12.8 Å². The number of nitrogens with two attached hydrogens (primary N) is 1. The molecule has 3 rings (SSSR count). The summed E-state index contributed by atoms with van der Waals surface area (Å²) in [5.74, 6) is -1.25. The number of sulfonamides is 1. The minimum absolute atomic E-state index is 0.171. The monoisotopic (exact) mass is 343 g/mol. The largest absolute Gasteiger partial charge is 0.379 e. The van der Waals surface area contributed by atoms with E-state index < -0.39 is 26.3 Å². The first-order valence-corrected chi connectivity index (χ1v) is 8.75. The normalized spacial score (nSPS) is 21.0. The molecule has 23 heavy (non-hydrogen) atoms. The Bertz CT molecular complexity index is 728. The quantitative estimate of drug-likeness (QED) is 0.817. The molecule has 1 saturated heterocycles. The Morgan fingerprint density at radius 3 is 2.57 bits per heavy atom. The second kappa shape index (κ2) is 5.82. The number of carbonyl (C=O) groups is 1. The highest BCUT2D eigenvalue weighted by atomic mass is 32.2. The van der Waals surface area contributed by atoms with Crippen LogP contribution in [0.15, 0.2) is 23.1 Å². The summed E-state index contributed by atoms with van der Waals surface area (Å²) in [6.07, 6.45) is 1.16. The molecule has 1 heterocycles. The van der Waals surface area contributed by atoms with Gasteiger partial charge in [0.15, 0.2) is 0 Å². The fourth-order valence-electron chi connectivity index (χ4n) is 2.32. The van der Waals surface area contributed by atoms with Crippen LogP contribution in [-0.4, -0.2) is 50.5 Å². The molecule has 7 nitrogen and oxygen atoms in total. The molecular weight excluding hydrogens is 325 g/mol. The fraction of sp³-hybridized carbons (Fsp3) is 0.500. The molecule has 0 atom stereocenters. The van der Waals surface area contributed by atoms with Crippen molar-refractivity contribution >= 4 is 21.6 Å². The Balaban J connectivity index is 1.86. The van der Waals surface area contributed by atoms with Crippen molar-refractivity contribution in [1.82, 2.24) is 4.31 Å². The highest BCUT2D eigenvalue weighted by Crippen LogP contribution is 2.33. The molecule has 1 aromatic carbocycles. The number of benzene rings is 1. The third-order valence-electron chi connectivity index (χ3n) is 4.02. The Morgan fingerprint density at radius 1 is 1.30 bits per heavy atom. The van der Waals surface area contributed by atoms with Gasteiger partial charge in [-0.1, -0.05) is 0 Å². The molecule has 1 aliphatic heterocycles. The number of hydrogen-bond donors (Lipinski definition) is 2. The van der Waals surface area contributed by atoms with Gasteiger partial charge < -0.3 is 15.8 Å². The topological polar surface area (TPSA) is 102 Å². The highest BCUT2D eigenvalue weighted by molar-refractivity contribution is 7.89. The SMILES string of the molecule is NC1(C(=O)Nc2ccc(F)c(S(=O)(=O)N3CCOCC3)c2)CC1. The summed E-state index contributed by atoms with van der Waals surface area (Å²) in [5.41, 5.74) is 5.10. The summed E-state index contributed by atoms with van der Waals surface area (Å²) >= 11 is 0. The third kappa shape index (κ3) is 3.23. The fourth-order valence-corrected chi connectivity index (χ4v) is 3.82. The van der Waals surface area contributed by atoms with E-state index in [9.17, 15) is 17.6 Å². The predicted molar refractivity (Wildman–Crippen MR) is 80.8 cm³/mol. The van der Waals surface area contributed by atoms with Gasteiger partial charge in [0.2, 0.25) is 15.9 Å². The minimum Gasteiger partial charge on any atom is -0.379 e. The Morgan fingerprint density at radius 2 is 1.96 bits per heavy atom. The summed E-state index contributed by atoms with van der Waals surface area (Å²) in [4.78, 5) is 11.5. The van der Waals surface area contributed by atoms with E-state index in [1.54, 1.807) is 0 Å². The van der Waals surface area contributed by atoms with Crippen LogP contribution in [0.4, 0.5) is 10.1 Å². The van der Waals surface area contributed by atoms with Gasteiger partial charge in [0.05, 0.1) is 18.8 Å². The van der Waals surface area contributed by atoms with E-state index in [-0.39, 0.29) is 37.9 Å². The lowest BCUT2D eigenvalue weighted by atomic mass is 10.2. The van der Waals surface area contributed by atoms with Crippen molar-refractivity contribution in [2.75, 3.05) is 31.6 Å². The van der Waals surface area contributed by atoms with Crippen LogP contribution < -0.4 is 11.1 Å². The number of ether oxygens (including phenoxy) is 1. The zero-order chi connectivity index (χ0) is 16.7. The van der Waals surface area contributed by atoms with Gasteiger partial charge in [-0.15, -0.1) is 0 Å². The molecule has 0 radical (unpaired) electrons. The molecule has 2 fully saturated rings. The van der Waals surface area contributed by atoms with E-state index in [1.807, 2.05) is 0 Å². The van der Waals surface area contributed by atoms with Crippen LogP contribution in [-0.2, 0) is 19.6 Å². The van der Waals surface area contributed by atoms with Gasteiger partial charge in [0, 0.05) is 18.8 Å². The molecule has 3 N–H and O–H groups in total. The number of anilines is 1. The second-order valence-corrected chi connectivity index (χ2v) is 7.68. The van der Waals surface area contributed by atoms with Crippen LogP contribution >= 0.6 is 0 Å². The molecule has 9 heteroatoms. The molecule has 2 aliphatic rings. The van der Waals surface area contributed by atoms with Crippen LogP contribution in [0.1, 0.15) is 12.8 Å². The molecule has 0 unspecified atom stereocenters. The number of rotatable bonds is 4. The van der Waals surface area contributed by atoms with Gasteiger partial charge in [-0.2, -0.15) is 4.31 Å². The summed E-state index contributed by atoms with van der Waals surface area (Å²) in [7, 11) is -3.98. The van der Waals surface area contributed by atoms with Crippen molar-refractivity contribution in [2.45, 2.75) is 23.3 Å². The lowest BCUT2D eigenvalue weighted by Crippen LogP contribution is -2.41. The maximum Gasteiger partial charge on any atom is 0.246 e. The van der Waals surface area contributed by atoms with E-state index >= 15 is 0 Å². The number of hydrogen-bond acceptors (Lipinski definition) is 5. The van der Waals surface area contributed by atoms with E-state index in [4.69, 9.17) is 10.5 Å². The van der Waals surface area contributed by atoms with Gasteiger partial charge in [0.1, 0.15) is 10.7 Å². The van der Waals surface area contributed by atoms with Gasteiger partial charge in [0.25, 0.3) is 0 Å². The molecule has 126 valence electrons. The molecule has 0 spiro atoms. The van der Waals surface area contributed by atoms with E-state index in [0.717, 1.165) is 12.1 Å². The maximum absolute atomic E-state index is 14.0. The summed E-state index contributed by atoms with van der Waals surface area (Å²) in [5, 5.41) is 2.55. The van der Waals surface area contributed by atoms with Crippen LogP contribution in [0, 0.1) is 5.82 Å². The maximum atomic E-state index is 14.0. The number of halogens is 1. The zero-order valence-electron chi connectivity index (χ0n) is 12.4. The Kier molecular flexibility index (Phi) is 4.13. The minimum atomic E-state index is -3.98. The third-order valence-corrected chi connectivity index (χ3v) is 5.93. The zero-order valence-corrected chi connectivity index (χ0v) is 13.2. The van der Waals surface area contributed by atoms with Crippen LogP contribution in [0.5, 0.6) is 0 Å². The molecule has 0 aromatic heterocycles. The van der Waals surface area contributed by atoms with Crippen molar-refractivity contribution < 1.29 is 22.3 Å². The van der Waals surface area contributed by atoms with Crippen molar-refractivity contribution in [3.05, 3.63) is 24.0 Å². The van der Waals surface area contributed by atoms with Crippen LogP contribution in [0.3, 0.4) is 0 Å². The standard InChI is InChI=1S/C14H18FN3O4S/c15-11-2-1-10(17-13(19)14(16)3-4-14)9-12(11)23(20,21)18-5-7-22-8-6-18/h1-2,9H,3-8,16H2,(H,17,19). The van der Waals surface area contributed by atoms with Gasteiger partial charge in [-0.25, -0.2) is 12.8 Å². The lowest BCUT2D eigenvalue weighted by molar-refractivity contribution is -0.118. The first-order valence-electron chi connectivity index (χ1n) is 7.31. The molecule has 1 saturated carbocycles. The smallest absolute Gasteiger partial charge is 0.246 e. The van der Waals surface area contributed by atoms with Crippen LogP contribution in [0.25, 0.3) is 0 Å². The summed E-state index contributed by atoms with van der Waals surface area (Å²) in [6.45, 7) is 0.883.